The molecule has 2 fully saturated rings. The van der Waals surface area contributed by atoms with Gasteiger partial charge in [0.15, 0.2) is 11.5 Å². The van der Waals surface area contributed by atoms with Crippen LogP contribution in [0.25, 0.3) is 0 Å². The number of rotatable bonds is 5. The molecule has 3 rings (SSSR count). The van der Waals surface area contributed by atoms with Crippen molar-refractivity contribution in [1.29, 1.82) is 0 Å². The van der Waals surface area contributed by atoms with Crippen molar-refractivity contribution in [2.45, 2.75) is 12.6 Å². The Kier molecular flexibility index (Phi) is 4.47. The average Bonchev–Trinajstić information content (AvgIpc) is 2.94. The van der Waals surface area contributed by atoms with Crippen LogP contribution in [0.4, 0.5) is 4.79 Å². The molecule has 7 heteroatoms. The average molecular weight is 321 g/mol. The lowest BCUT2D eigenvalue weighted by atomic mass is 10.1. The van der Waals surface area contributed by atoms with E-state index in [1.54, 1.807) is 21.3 Å². The number of nitrogens with zero attached hydrogens (tertiary/aromatic N) is 2. The van der Waals surface area contributed by atoms with Crippen molar-refractivity contribution >= 4 is 6.03 Å². The van der Waals surface area contributed by atoms with Gasteiger partial charge in [0.25, 0.3) is 0 Å². The molecule has 7 nitrogen and oxygen atoms in total. The predicted octanol–water partition coefficient (Wildman–Crippen LogP) is 0.922. The molecule has 0 bridgehead atoms. The quantitative estimate of drug-likeness (QED) is 0.874. The molecular weight excluding hydrogens is 298 g/mol. The van der Waals surface area contributed by atoms with Gasteiger partial charge in [-0.15, -0.1) is 0 Å². The number of carbonyl (C=O) groups is 1. The van der Waals surface area contributed by atoms with E-state index in [2.05, 4.69) is 10.2 Å². The minimum atomic E-state index is 0.0578. The summed E-state index contributed by atoms with van der Waals surface area (Å²) in [6.07, 6.45) is 0. The topological polar surface area (TPSA) is 63.3 Å². The Morgan fingerprint density at radius 2 is 1.83 bits per heavy atom. The number of urea groups is 1. The third-order valence-corrected chi connectivity index (χ3v) is 4.45. The summed E-state index contributed by atoms with van der Waals surface area (Å²) in [4.78, 5) is 15.9. The van der Waals surface area contributed by atoms with Gasteiger partial charge in [0, 0.05) is 32.7 Å². The van der Waals surface area contributed by atoms with Crippen molar-refractivity contribution in [2.75, 3.05) is 47.5 Å². The maximum absolute atomic E-state index is 11.7. The summed E-state index contributed by atoms with van der Waals surface area (Å²) < 4.78 is 16.2. The van der Waals surface area contributed by atoms with Crippen LogP contribution in [-0.2, 0) is 6.54 Å². The Morgan fingerprint density at radius 1 is 1.13 bits per heavy atom. The van der Waals surface area contributed by atoms with Crippen molar-refractivity contribution in [3.8, 4) is 17.2 Å². The van der Waals surface area contributed by atoms with E-state index < -0.39 is 0 Å². The second kappa shape index (κ2) is 6.54. The minimum absolute atomic E-state index is 0.0578. The van der Waals surface area contributed by atoms with Gasteiger partial charge in [0.2, 0.25) is 5.75 Å². The molecule has 0 spiro atoms. The Balaban J connectivity index is 1.74. The number of methoxy groups -OCH3 is 3. The number of ether oxygens (including phenoxy) is 3. The second-order valence-electron chi connectivity index (χ2n) is 5.80. The molecule has 126 valence electrons. The largest absolute Gasteiger partial charge is 0.493 e. The predicted molar refractivity (Wildman–Crippen MR) is 85.3 cm³/mol. The van der Waals surface area contributed by atoms with E-state index in [-0.39, 0.29) is 12.1 Å². The van der Waals surface area contributed by atoms with E-state index in [0.29, 0.717) is 17.2 Å². The summed E-state index contributed by atoms with van der Waals surface area (Å²) in [6.45, 7) is 4.01. The van der Waals surface area contributed by atoms with E-state index in [1.807, 2.05) is 17.0 Å². The fraction of sp³-hybridized carbons (Fsp3) is 0.562. The van der Waals surface area contributed by atoms with E-state index in [0.717, 1.165) is 38.3 Å². The maximum atomic E-state index is 11.7. The first-order valence-corrected chi connectivity index (χ1v) is 7.72. The molecule has 1 aromatic rings. The highest BCUT2D eigenvalue weighted by Gasteiger charge is 2.35. The lowest BCUT2D eigenvalue weighted by Gasteiger charge is -2.36. The molecule has 1 aromatic carbocycles. The number of carbonyl (C=O) groups excluding carboxylic acids is 1. The number of piperazine rings is 1. The highest BCUT2D eigenvalue weighted by atomic mass is 16.5. The van der Waals surface area contributed by atoms with Crippen LogP contribution >= 0.6 is 0 Å². The van der Waals surface area contributed by atoms with Gasteiger partial charge in [0.1, 0.15) is 0 Å². The SMILES string of the molecule is COc1cc(CN2CCN3C(=O)NC[C@H]3C2)cc(OC)c1OC. The molecule has 0 saturated carbocycles. The van der Waals surface area contributed by atoms with Crippen LogP contribution in [-0.4, -0.2) is 69.4 Å². The zero-order valence-corrected chi connectivity index (χ0v) is 13.8. The Morgan fingerprint density at radius 3 is 2.43 bits per heavy atom. The monoisotopic (exact) mass is 321 g/mol. The van der Waals surface area contributed by atoms with Gasteiger partial charge in [-0.1, -0.05) is 0 Å². The third-order valence-electron chi connectivity index (χ3n) is 4.45. The number of nitrogens with one attached hydrogen (secondary N) is 1. The second-order valence-corrected chi connectivity index (χ2v) is 5.80. The van der Waals surface area contributed by atoms with Gasteiger partial charge in [-0.2, -0.15) is 0 Å². The fourth-order valence-corrected chi connectivity index (χ4v) is 3.30. The lowest BCUT2D eigenvalue weighted by Crippen LogP contribution is -2.51. The fourth-order valence-electron chi connectivity index (χ4n) is 3.30. The number of amides is 2. The van der Waals surface area contributed by atoms with E-state index >= 15 is 0 Å². The van der Waals surface area contributed by atoms with Crippen LogP contribution in [0.15, 0.2) is 12.1 Å². The summed E-state index contributed by atoms with van der Waals surface area (Å²) >= 11 is 0. The van der Waals surface area contributed by atoms with Gasteiger partial charge >= 0.3 is 6.03 Å². The zero-order valence-electron chi connectivity index (χ0n) is 13.8. The Bertz CT molecular complexity index is 568. The molecule has 0 aromatic heterocycles. The molecule has 2 aliphatic heterocycles. The molecule has 2 saturated heterocycles. The van der Waals surface area contributed by atoms with Crippen molar-refractivity contribution < 1.29 is 19.0 Å². The highest BCUT2D eigenvalue weighted by molar-refractivity contribution is 5.77. The standard InChI is InChI=1S/C16H23N3O4/c1-21-13-6-11(7-14(22-2)15(13)23-3)9-18-4-5-19-12(10-18)8-17-16(19)20/h6-7,12H,4-5,8-10H2,1-3H3,(H,17,20)/t12-/m0/s1. The molecule has 2 amide bonds. The summed E-state index contributed by atoms with van der Waals surface area (Å²) in [5, 5.41) is 2.90. The first-order chi connectivity index (χ1) is 11.2. The van der Waals surface area contributed by atoms with Gasteiger partial charge in [-0.25, -0.2) is 4.79 Å². The van der Waals surface area contributed by atoms with E-state index in [9.17, 15) is 4.79 Å². The van der Waals surface area contributed by atoms with Crippen LogP contribution in [0.5, 0.6) is 17.2 Å². The summed E-state index contributed by atoms with van der Waals surface area (Å²) in [7, 11) is 4.84. The van der Waals surface area contributed by atoms with Gasteiger partial charge in [0.05, 0.1) is 27.4 Å². The normalized spacial score (nSPS) is 20.9. The van der Waals surface area contributed by atoms with Crippen molar-refractivity contribution in [3.05, 3.63) is 17.7 Å². The molecular formula is C16H23N3O4. The first-order valence-electron chi connectivity index (χ1n) is 7.72. The summed E-state index contributed by atoms with van der Waals surface area (Å²) in [5.74, 6) is 1.94. The smallest absolute Gasteiger partial charge is 0.317 e. The van der Waals surface area contributed by atoms with Crippen LogP contribution in [0.2, 0.25) is 0 Å². The number of fused-ring (bicyclic) bond motifs is 1. The number of hydrogen-bond donors (Lipinski definition) is 1. The van der Waals surface area contributed by atoms with Crippen molar-refractivity contribution in [2.24, 2.45) is 0 Å². The van der Waals surface area contributed by atoms with E-state index in [1.165, 1.54) is 0 Å². The van der Waals surface area contributed by atoms with E-state index in [4.69, 9.17) is 14.2 Å². The van der Waals surface area contributed by atoms with Crippen LogP contribution in [0.1, 0.15) is 5.56 Å². The molecule has 0 aliphatic carbocycles. The van der Waals surface area contributed by atoms with Crippen LogP contribution in [0.3, 0.4) is 0 Å². The molecule has 1 atom stereocenters. The molecule has 0 unspecified atom stereocenters. The van der Waals surface area contributed by atoms with Crippen LogP contribution < -0.4 is 19.5 Å². The van der Waals surface area contributed by atoms with Gasteiger partial charge in [-0.05, 0) is 17.7 Å². The zero-order chi connectivity index (χ0) is 16.4. The lowest BCUT2D eigenvalue weighted by molar-refractivity contribution is 0.116. The third kappa shape index (κ3) is 3.01. The molecule has 23 heavy (non-hydrogen) atoms. The Hall–Kier alpha value is -2.15. The molecule has 2 aliphatic rings. The number of benzene rings is 1. The molecule has 2 heterocycles. The summed E-state index contributed by atoms with van der Waals surface area (Å²) in [6, 6.07) is 4.28. The number of hydrogen-bond acceptors (Lipinski definition) is 5. The Labute approximate surface area is 136 Å². The molecule has 0 radical (unpaired) electrons. The molecule has 1 N–H and O–H groups in total. The minimum Gasteiger partial charge on any atom is -0.493 e. The van der Waals surface area contributed by atoms with Crippen molar-refractivity contribution in [1.82, 2.24) is 15.1 Å². The van der Waals surface area contributed by atoms with Gasteiger partial charge < -0.3 is 24.4 Å². The summed E-state index contributed by atoms with van der Waals surface area (Å²) in [5.41, 5.74) is 1.10. The highest BCUT2D eigenvalue weighted by Crippen LogP contribution is 2.38. The van der Waals surface area contributed by atoms with Crippen molar-refractivity contribution in [3.63, 3.8) is 0 Å². The maximum Gasteiger partial charge on any atom is 0.317 e. The van der Waals surface area contributed by atoms with Crippen LogP contribution in [0, 0.1) is 0 Å². The first kappa shape index (κ1) is 15.7. The van der Waals surface area contributed by atoms with Gasteiger partial charge in [-0.3, -0.25) is 4.90 Å².